The number of nitrogens with two attached hydrogens (primary N) is 1. The fraction of sp³-hybridized carbons (Fsp3) is 0.435. The minimum absolute atomic E-state index is 0.00901. The van der Waals surface area contributed by atoms with Gasteiger partial charge >= 0.3 is 6.09 Å². The second-order valence-electron chi connectivity index (χ2n) is 7.91. The quantitative estimate of drug-likeness (QED) is 0.512. The van der Waals surface area contributed by atoms with Gasteiger partial charge in [-0.2, -0.15) is 0 Å². The van der Waals surface area contributed by atoms with Crippen LogP contribution in [0.2, 0.25) is 0 Å². The smallest absolute Gasteiger partial charge is 0.404 e. The molecule has 2 aromatic rings. The maximum atomic E-state index is 13.3. The Labute approximate surface area is 187 Å². The lowest BCUT2D eigenvalue weighted by molar-refractivity contribution is -0.120. The summed E-state index contributed by atoms with van der Waals surface area (Å²) < 4.78 is 5.35. The van der Waals surface area contributed by atoms with Gasteiger partial charge in [-0.25, -0.2) is 4.79 Å². The number of carbonyl (C=O) groups is 3. The summed E-state index contributed by atoms with van der Waals surface area (Å²) in [6.45, 7) is 0.0929. The minimum atomic E-state index is -1.17. The van der Waals surface area contributed by atoms with Crippen molar-refractivity contribution in [1.82, 2.24) is 10.2 Å². The van der Waals surface area contributed by atoms with E-state index in [0.717, 1.165) is 32.1 Å². The zero-order valence-electron chi connectivity index (χ0n) is 18.0. The summed E-state index contributed by atoms with van der Waals surface area (Å²) >= 11 is 0. The van der Waals surface area contributed by atoms with Gasteiger partial charge in [0.15, 0.2) is 5.76 Å². The molecule has 0 spiro atoms. The molecule has 0 saturated heterocycles. The van der Waals surface area contributed by atoms with Gasteiger partial charge in [-0.05, 0) is 43.5 Å². The van der Waals surface area contributed by atoms with Crippen molar-refractivity contribution < 1.29 is 23.9 Å². The zero-order valence-corrected chi connectivity index (χ0v) is 18.0. The molecule has 3 rings (SSSR count). The van der Waals surface area contributed by atoms with Crippen LogP contribution in [0.4, 0.5) is 10.5 Å². The molecule has 0 aliphatic heterocycles. The average Bonchev–Trinajstić information content (AvgIpc) is 3.35. The first kappa shape index (κ1) is 23.3. The number of carboxylic acid groups (broad SMARTS) is 1. The van der Waals surface area contributed by atoms with Crippen LogP contribution in [-0.4, -0.2) is 53.2 Å². The normalized spacial score (nSPS) is 15.0. The molecule has 172 valence electrons. The van der Waals surface area contributed by atoms with Crippen LogP contribution in [-0.2, 0) is 4.79 Å². The molecule has 1 aliphatic carbocycles. The Morgan fingerprint density at radius 1 is 1.09 bits per heavy atom. The second kappa shape index (κ2) is 11.3. The molecule has 9 nitrogen and oxygen atoms in total. The third-order valence-electron chi connectivity index (χ3n) is 5.68. The van der Waals surface area contributed by atoms with E-state index in [1.807, 2.05) is 18.2 Å². The lowest BCUT2D eigenvalue weighted by Crippen LogP contribution is -2.53. The highest BCUT2D eigenvalue weighted by Crippen LogP contribution is 2.26. The van der Waals surface area contributed by atoms with Crippen LogP contribution in [0.5, 0.6) is 0 Å². The fourth-order valence-corrected chi connectivity index (χ4v) is 3.98. The lowest BCUT2D eigenvalue weighted by Gasteiger charge is -2.38. The van der Waals surface area contributed by atoms with Gasteiger partial charge in [0.05, 0.1) is 12.3 Å². The Morgan fingerprint density at radius 2 is 1.81 bits per heavy atom. The number of nitrogens with one attached hydrogen (secondary N) is 1. The zero-order chi connectivity index (χ0) is 22.9. The van der Waals surface area contributed by atoms with E-state index < -0.39 is 12.1 Å². The van der Waals surface area contributed by atoms with Gasteiger partial charge in [-0.3, -0.25) is 14.5 Å². The van der Waals surface area contributed by atoms with Gasteiger partial charge in [0, 0.05) is 18.3 Å². The van der Waals surface area contributed by atoms with E-state index in [2.05, 4.69) is 5.32 Å². The third-order valence-corrected chi connectivity index (χ3v) is 5.68. The molecular formula is C23H30N4O5. The fourth-order valence-electron chi connectivity index (χ4n) is 3.98. The van der Waals surface area contributed by atoms with Gasteiger partial charge in [0.25, 0.3) is 5.91 Å². The Bertz CT molecular complexity index is 881. The molecule has 32 heavy (non-hydrogen) atoms. The summed E-state index contributed by atoms with van der Waals surface area (Å²) in [4.78, 5) is 40.5. The topological polar surface area (TPSA) is 129 Å². The molecule has 0 radical (unpaired) electrons. The van der Waals surface area contributed by atoms with Crippen molar-refractivity contribution in [3.8, 4) is 0 Å². The van der Waals surface area contributed by atoms with Gasteiger partial charge < -0.3 is 25.5 Å². The number of nitrogens with zero attached hydrogens (tertiary/aromatic N) is 2. The van der Waals surface area contributed by atoms with Gasteiger partial charge in [0.1, 0.15) is 6.67 Å². The standard InChI is InChI=1S/C23H30N4O5/c24-19(13-14-25-23(30)31)21(28)26(17-8-3-1-4-9-17)16-27(18-10-5-2-6-11-18)22(29)20-12-7-15-32-20/h1,3-4,7-9,12,15,18-19,25H,2,5-6,10-11,13-14,16,24H2,(H,30,31). The molecule has 1 aromatic carbocycles. The number of para-hydroxylation sites is 1. The highest BCUT2D eigenvalue weighted by Gasteiger charge is 2.32. The highest BCUT2D eigenvalue weighted by molar-refractivity contribution is 5.98. The SMILES string of the molecule is NC(CCNC(=O)O)C(=O)N(CN(C(=O)c1ccco1)C1CCCCC1)c1ccccc1. The van der Waals surface area contributed by atoms with Crippen molar-refractivity contribution in [3.05, 3.63) is 54.5 Å². The van der Waals surface area contributed by atoms with Gasteiger partial charge in [-0.15, -0.1) is 0 Å². The van der Waals surface area contributed by atoms with Gasteiger partial charge in [-0.1, -0.05) is 37.5 Å². The molecule has 1 heterocycles. The highest BCUT2D eigenvalue weighted by atomic mass is 16.4. The minimum Gasteiger partial charge on any atom is -0.465 e. The number of rotatable bonds is 9. The summed E-state index contributed by atoms with van der Waals surface area (Å²) in [6, 6.07) is 11.4. The number of carbonyl (C=O) groups excluding carboxylic acids is 2. The first-order chi connectivity index (χ1) is 15.5. The van der Waals surface area contributed by atoms with Crippen LogP contribution in [0.3, 0.4) is 0 Å². The molecule has 1 aliphatic rings. The largest absolute Gasteiger partial charge is 0.465 e. The number of amides is 3. The Morgan fingerprint density at radius 3 is 2.44 bits per heavy atom. The molecule has 4 N–H and O–H groups in total. The van der Waals surface area contributed by atoms with Crippen molar-refractivity contribution in [3.63, 3.8) is 0 Å². The van der Waals surface area contributed by atoms with E-state index in [4.69, 9.17) is 15.3 Å². The Balaban J connectivity index is 1.85. The van der Waals surface area contributed by atoms with Crippen molar-refractivity contribution in [2.75, 3.05) is 18.1 Å². The molecule has 9 heteroatoms. The van der Waals surface area contributed by atoms with E-state index >= 15 is 0 Å². The Kier molecular flexibility index (Phi) is 8.27. The van der Waals surface area contributed by atoms with E-state index in [-0.39, 0.29) is 43.3 Å². The maximum absolute atomic E-state index is 13.3. The summed E-state index contributed by atoms with van der Waals surface area (Å²) in [5, 5.41) is 11.0. The summed E-state index contributed by atoms with van der Waals surface area (Å²) in [7, 11) is 0. The predicted octanol–water partition coefficient (Wildman–Crippen LogP) is 3.03. The summed E-state index contributed by atoms with van der Waals surface area (Å²) in [5.41, 5.74) is 6.74. The van der Waals surface area contributed by atoms with Crippen LogP contribution in [0.1, 0.15) is 49.1 Å². The van der Waals surface area contributed by atoms with Crippen LogP contribution >= 0.6 is 0 Å². The van der Waals surface area contributed by atoms with E-state index in [9.17, 15) is 14.4 Å². The first-order valence-corrected chi connectivity index (χ1v) is 10.9. The number of benzene rings is 1. The van der Waals surface area contributed by atoms with Crippen LogP contribution < -0.4 is 16.0 Å². The van der Waals surface area contributed by atoms with Crippen molar-refractivity contribution in [1.29, 1.82) is 0 Å². The van der Waals surface area contributed by atoms with E-state index in [1.165, 1.54) is 11.2 Å². The molecule has 1 atom stereocenters. The van der Waals surface area contributed by atoms with Crippen LogP contribution in [0.25, 0.3) is 0 Å². The number of anilines is 1. The molecule has 1 unspecified atom stereocenters. The molecule has 1 saturated carbocycles. The van der Waals surface area contributed by atoms with Gasteiger partial charge in [0.2, 0.25) is 5.91 Å². The summed E-state index contributed by atoms with van der Waals surface area (Å²) in [5.74, 6) is -0.417. The lowest BCUT2D eigenvalue weighted by atomic mass is 9.94. The number of hydrogen-bond donors (Lipinski definition) is 3. The van der Waals surface area contributed by atoms with Crippen LogP contribution in [0, 0.1) is 0 Å². The number of hydrogen-bond acceptors (Lipinski definition) is 5. The predicted molar refractivity (Wildman–Crippen MR) is 119 cm³/mol. The molecule has 3 amide bonds. The molecule has 0 bridgehead atoms. The van der Waals surface area contributed by atoms with E-state index in [1.54, 1.807) is 29.2 Å². The number of furan rings is 1. The van der Waals surface area contributed by atoms with Crippen LogP contribution in [0.15, 0.2) is 53.1 Å². The molecular weight excluding hydrogens is 412 g/mol. The van der Waals surface area contributed by atoms with Crippen molar-refractivity contribution in [2.45, 2.75) is 50.6 Å². The molecule has 1 fully saturated rings. The maximum Gasteiger partial charge on any atom is 0.404 e. The summed E-state index contributed by atoms with van der Waals surface area (Å²) in [6.07, 6.45) is 5.31. The average molecular weight is 443 g/mol. The first-order valence-electron chi connectivity index (χ1n) is 10.9. The van der Waals surface area contributed by atoms with Crippen molar-refractivity contribution >= 4 is 23.6 Å². The third kappa shape index (κ3) is 6.10. The monoisotopic (exact) mass is 442 g/mol. The second-order valence-corrected chi connectivity index (χ2v) is 7.91. The van der Waals surface area contributed by atoms with E-state index in [0.29, 0.717) is 5.69 Å². The Hall–Kier alpha value is -3.33. The van der Waals surface area contributed by atoms with Crippen molar-refractivity contribution in [2.24, 2.45) is 5.73 Å². The molecule has 1 aromatic heterocycles.